The van der Waals surface area contributed by atoms with Crippen LogP contribution < -0.4 is 14.9 Å². The molecule has 1 aliphatic rings. The lowest BCUT2D eigenvalue weighted by molar-refractivity contribution is -0.119. The van der Waals surface area contributed by atoms with E-state index in [9.17, 15) is 9.59 Å². The number of amides is 1. The molecule has 0 spiro atoms. The van der Waals surface area contributed by atoms with Crippen molar-refractivity contribution in [1.29, 1.82) is 0 Å². The van der Waals surface area contributed by atoms with Crippen molar-refractivity contribution in [2.75, 3.05) is 18.2 Å². The summed E-state index contributed by atoms with van der Waals surface area (Å²) in [6.45, 7) is 0. The summed E-state index contributed by atoms with van der Waals surface area (Å²) in [5.74, 6) is 0.551. The number of methoxy groups -OCH3 is 1. The molecule has 5 rings (SSSR count). The number of ether oxygens (including phenoxy) is 1. The molecule has 0 unspecified atom stereocenters. The summed E-state index contributed by atoms with van der Waals surface area (Å²) in [6.07, 6.45) is 0. The zero-order valence-corrected chi connectivity index (χ0v) is 19.6. The predicted molar refractivity (Wildman–Crippen MR) is 134 cm³/mol. The zero-order chi connectivity index (χ0) is 22.8. The van der Waals surface area contributed by atoms with Gasteiger partial charge >= 0.3 is 4.87 Å². The second kappa shape index (κ2) is 9.29. The maximum absolute atomic E-state index is 13.5. The fraction of sp³-hybridized carbons (Fsp3) is 0.154. The number of hydrogen-bond donors (Lipinski definition) is 1. The molecule has 5 nitrogen and oxygen atoms in total. The average molecular weight is 475 g/mol. The Balaban J connectivity index is 1.63. The van der Waals surface area contributed by atoms with E-state index in [0.717, 1.165) is 26.8 Å². The van der Waals surface area contributed by atoms with E-state index in [1.165, 1.54) is 11.3 Å². The van der Waals surface area contributed by atoms with Crippen LogP contribution in [0.4, 0.5) is 5.69 Å². The molecule has 0 aliphatic carbocycles. The topological polar surface area (TPSA) is 60.3 Å². The molecular formula is C26H22N2O3S2. The first kappa shape index (κ1) is 21.6. The van der Waals surface area contributed by atoms with Crippen molar-refractivity contribution in [1.82, 2.24) is 4.57 Å². The molecule has 4 aromatic rings. The molecule has 2 atom stereocenters. The van der Waals surface area contributed by atoms with Crippen molar-refractivity contribution < 1.29 is 9.53 Å². The third-order valence-corrected chi connectivity index (χ3v) is 8.10. The molecule has 0 saturated heterocycles. The normalized spacial score (nSPS) is 17.2. The number of hydrogen-bond acceptors (Lipinski definition) is 5. The number of thiazole rings is 1. The lowest BCUT2D eigenvalue weighted by Gasteiger charge is -2.31. The summed E-state index contributed by atoms with van der Waals surface area (Å²) in [7, 11) is 1.63. The number of benzene rings is 3. The van der Waals surface area contributed by atoms with Gasteiger partial charge in [-0.3, -0.25) is 14.2 Å². The van der Waals surface area contributed by atoms with Crippen molar-refractivity contribution in [2.45, 2.75) is 10.9 Å². The molecule has 0 bridgehead atoms. The number of para-hydroxylation sites is 3. The summed E-state index contributed by atoms with van der Waals surface area (Å²) in [4.78, 5) is 27.5. The zero-order valence-electron chi connectivity index (χ0n) is 17.9. The fourth-order valence-corrected chi connectivity index (χ4v) is 6.92. The van der Waals surface area contributed by atoms with E-state index >= 15 is 0 Å². The average Bonchev–Trinajstić information content (AvgIpc) is 3.20. The van der Waals surface area contributed by atoms with Gasteiger partial charge in [0.05, 0.1) is 23.7 Å². The van der Waals surface area contributed by atoms with Gasteiger partial charge in [0, 0.05) is 27.8 Å². The Morgan fingerprint density at radius 1 is 0.970 bits per heavy atom. The molecule has 1 amide bonds. The van der Waals surface area contributed by atoms with Crippen LogP contribution in [0.15, 0.2) is 94.7 Å². The largest absolute Gasteiger partial charge is 0.496 e. The Labute approximate surface area is 200 Å². The van der Waals surface area contributed by atoms with Gasteiger partial charge in [-0.2, -0.15) is 0 Å². The van der Waals surface area contributed by atoms with Crippen LogP contribution in [0.1, 0.15) is 16.4 Å². The van der Waals surface area contributed by atoms with E-state index in [-0.39, 0.29) is 22.6 Å². The lowest BCUT2D eigenvalue weighted by atomic mass is 9.84. The number of rotatable bonds is 5. The van der Waals surface area contributed by atoms with Crippen LogP contribution >= 0.6 is 23.1 Å². The van der Waals surface area contributed by atoms with E-state index in [2.05, 4.69) is 5.32 Å². The van der Waals surface area contributed by atoms with Crippen LogP contribution in [-0.2, 0) is 4.79 Å². The molecular weight excluding hydrogens is 452 g/mol. The first-order chi connectivity index (χ1) is 16.2. The van der Waals surface area contributed by atoms with Gasteiger partial charge in [-0.1, -0.05) is 65.9 Å². The van der Waals surface area contributed by atoms with Gasteiger partial charge in [-0.25, -0.2) is 0 Å². The molecule has 0 fully saturated rings. The Hall–Kier alpha value is -3.29. The van der Waals surface area contributed by atoms with Crippen molar-refractivity contribution in [3.8, 4) is 11.4 Å². The molecule has 0 saturated carbocycles. The number of nitrogens with one attached hydrogen (secondary N) is 1. The lowest BCUT2D eigenvalue weighted by Crippen LogP contribution is -2.33. The highest BCUT2D eigenvalue weighted by atomic mass is 32.2. The van der Waals surface area contributed by atoms with Gasteiger partial charge in [-0.15, -0.1) is 11.8 Å². The SMILES string of the molecule is COc1ccccc1[C@H]1c2sc(=O)n(-c3ccccc3)c2SC[C@@H]1C(=O)Nc1ccccc1. The van der Waals surface area contributed by atoms with Crippen LogP contribution in [0.5, 0.6) is 5.75 Å². The molecule has 166 valence electrons. The highest BCUT2D eigenvalue weighted by Crippen LogP contribution is 2.49. The highest BCUT2D eigenvalue weighted by molar-refractivity contribution is 7.99. The number of anilines is 1. The van der Waals surface area contributed by atoms with Crippen LogP contribution in [0, 0.1) is 5.92 Å². The number of aromatic nitrogens is 1. The Kier molecular flexibility index (Phi) is 6.07. The van der Waals surface area contributed by atoms with Crippen LogP contribution in [0.2, 0.25) is 0 Å². The molecule has 1 aliphatic heterocycles. The van der Waals surface area contributed by atoms with E-state index in [1.807, 2.05) is 84.9 Å². The first-order valence-corrected chi connectivity index (χ1v) is 12.4. The van der Waals surface area contributed by atoms with Gasteiger partial charge in [0.15, 0.2) is 0 Å². The molecule has 1 aromatic heterocycles. The summed E-state index contributed by atoms with van der Waals surface area (Å²) in [5.41, 5.74) is 2.50. The van der Waals surface area contributed by atoms with Crippen LogP contribution in [0.3, 0.4) is 0 Å². The van der Waals surface area contributed by atoms with E-state index in [1.54, 1.807) is 23.4 Å². The minimum atomic E-state index is -0.360. The third-order valence-electron chi connectivity index (χ3n) is 5.74. The molecule has 3 aromatic carbocycles. The second-order valence-electron chi connectivity index (χ2n) is 7.70. The second-order valence-corrected chi connectivity index (χ2v) is 9.70. The standard InChI is InChI=1S/C26H22N2O3S2/c1-31-21-15-9-8-14-19(21)22-20(24(29)27-17-10-4-2-5-11-17)16-32-25-23(22)33-26(30)28(25)18-12-6-3-7-13-18/h2-15,20,22H,16H2,1H3,(H,27,29)/t20-,22+/m0/s1. The van der Waals surface area contributed by atoms with Gasteiger partial charge < -0.3 is 10.1 Å². The van der Waals surface area contributed by atoms with Gasteiger partial charge in [-0.05, 0) is 30.3 Å². The number of thioether (sulfide) groups is 1. The molecule has 7 heteroatoms. The van der Waals surface area contributed by atoms with Gasteiger partial charge in [0.1, 0.15) is 5.75 Å². The maximum atomic E-state index is 13.5. The smallest absolute Gasteiger partial charge is 0.312 e. The number of carbonyl (C=O) groups is 1. The Morgan fingerprint density at radius 3 is 2.36 bits per heavy atom. The predicted octanol–water partition coefficient (Wildman–Crippen LogP) is 5.40. The minimum Gasteiger partial charge on any atom is -0.496 e. The quantitative estimate of drug-likeness (QED) is 0.421. The maximum Gasteiger partial charge on any atom is 0.312 e. The summed E-state index contributed by atoms with van der Waals surface area (Å²) >= 11 is 2.77. The molecule has 33 heavy (non-hydrogen) atoms. The summed E-state index contributed by atoms with van der Waals surface area (Å²) in [6, 6.07) is 26.9. The van der Waals surface area contributed by atoms with Crippen molar-refractivity contribution in [3.63, 3.8) is 0 Å². The number of fused-ring (bicyclic) bond motifs is 1. The van der Waals surface area contributed by atoms with Gasteiger partial charge in [0.2, 0.25) is 5.91 Å². The summed E-state index contributed by atoms with van der Waals surface area (Å²) < 4.78 is 7.43. The Bertz CT molecular complexity index is 1330. The van der Waals surface area contributed by atoms with Gasteiger partial charge in [0.25, 0.3) is 0 Å². The minimum absolute atomic E-state index is 0.0530. The van der Waals surface area contributed by atoms with E-state index < -0.39 is 0 Å². The monoisotopic (exact) mass is 474 g/mol. The molecule has 2 heterocycles. The fourth-order valence-electron chi connectivity index (χ4n) is 4.22. The first-order valence-electron chi connectivity index (χ1n) is 10.6. The highest BCUT2D eigenvalue weighted by Gasteiger charge is 2.40. The van der Waals surface area contributed by atoms with E-state index in [4.69, 9.17) is 4.74 Å². The summed E-state index contributed by atoms with van der Waals surface area (Å²) in [5, 5.41) is 3.96. The van der Waals surface area contributed by atoms with Crippen molar-refractivity contribution in [3.05, 3.63) is 105 Å². The number of nitrogens with zero attached hydrogens (tertiary/aromatic N) is 1. The van der Waals surface area contributed by atoms with Crippen LogP contribution in [0.25, 0.3) is 5.69 Å². The van der Waals surface area contributed by atoms with E-state index in [0.29, 0.717) is 11.5 Å². The van der Waals surface area contributed by atoms with Crippen molar-refractivity contribution >= 4 is 34.7 Å². The molecule has 0 radical (unpaired) electrons. The Morgan fingerprint density at radius 2 is 1.64 bits per heavy atom. The third kappa shape index (κ3) is 4.10. The van der Waals surface area contributed by atoms with Crippen LogP contribution in [-0.4, -0.2) is 23.3 Å². The number of carbonyl (C=O) groups excluding carboxylic acids is 1. The van der Waals surface area contributed by atoms with Crippen molar-refractivity contribution in [2.24, 2.45) is 5.92 Å². The molecule has 1 N–H and O–H groups in total.